The molecular weight excluding hydrogens is 162 g/mol. The zero-order chi connectivity index (χ0) is 9.35. The predicted molar refractivity (Wildman–Crippen MR) is 40.2 cm³/mol. The molecule has 12 heavy (non-hydrogen) atoms. The highest BCUT2D eigenvalue weighted by Crippen LogP contribution is 2.31. The average Bonchev–Trinajstić information content (AvgIpc) is 2.30. The Hall–Kier alpha value is -0.565. The molecule has 1 fully saturated rings. The van der Waals surface area contributed by atoms with Crippen molar-refractivity contribution < 1.29 is 19.3 Å². The Morgan fingerprint density at radius 3 is 2.67 bits per heavy atom. The fourth-order valence-electron chi connectivity index (χ4n) is 1.15. The van der Waals surface area contributed by atoms with Crippen molar-refractivity contribution in [2.24, 2.45) is 0 Å². The lowest BCUT2D eigenvalue weighted by molar-refractivity contribution is -0.0414. The minimum Gasteiger partial charge on any atom is -0.394 e. The summed E-state index contributed by atoms with van der Waals surface area (Å²) >= 11 is 0. The van der Waals surface area contributed by atoms with Gasteiger partial charge in [0.1, 0.15) is 14.0 Å². The first kappa shape index (κ1) is 9.52. The second-order valence-corrected chi connectivity index (χ2v) is 2.64. The molecule has 2 unspecified atom stereocenters. The number of rotatable bonds is 1. The fourth-order valence-corrected chi connectivity index (χ4v) is 1.15. The van der Waals surface area contributed by atoms with E-state index in [0.29, 0.717) is 0 Å². The fraction of sp³-hybridized carbons (Fsp3) is 0.714. The van der Waals surface area contributed by atoms with Crippen molar-refractivity contribution in [2.75, 3.05) is 6.61 Å². The van der Waals surface area contributed by atoms with Gasteiger partial charge in [0.2, 0.25) is 0 Å². The van der Waals surface area contributed by atoms with Gasteiger partial charge in [-0.05, 0) is 0 Å². The van der Waals surface area contributed by atoms with Crippen LogP contribution in [-0.4, -0.2) is 48.5 Å². The van der Waals surface area contributed by atoms with Crippen LogP contribution < -0.4 is 0 Å². The predicted octanol–water partition coefficient (Wildman–Crippen LogP) is -1.43. The van der Waals surface area contributed by atoms with Crippen LogP contribution in [0, 0.1) is 12.3 Å². The summed E-state index contributed by atoms with van der Waals surface area (Å²) in [6, 6.07) is -1.27. The Kier molecular flexibility index (Phi) is 2.42. The molecule has 0 bridgehead atoms. The third-order valence-corrected chi connectivity index (χ3v) is 1.92. The van der Waals surface area contributed by atoms with Crippen LogP contribution in [0.5, 0.6) is 0 Å². The van der Waals surface area contributed by atoms with Gasteiger partial charge in [0.25, 0.3) is 0 Å². The third-order valence-electron chi connectivity index (χ3n) is 1.92. The maximum atomic E-state index is 13.0. The number of aliphatic hydroxyl groups is 2. The summed E-state index contributed by atoms with van der Waals surface area (Å²) in [5, 5.41) is 18.1. The second kappa shape index (κ2) is 3.06. The molecule has 0 aliphatic carbocycles. The third kappa shape index (κ3) is 1.12. The quantitative estimate of drug-likeness (QED) is 0.374. The number of terminal acetylenes is 1. The normalized spacial score (nSPS) is 47.3. The van der Waals surface area contributed by atoms with Gasteiger partial charge in [-0.2, -0.15) is 0 Å². The first-order valence-corrected chi connectivity index (χ1v) is 3.42. The summed E-state index contributed by atoms with van der Waals surface area (Å²) in [6.07, 6.45) is 1.89. The number of alkyl halides is 1. The molecule has 4 atom stereocenters. The zero-order valence-corrected chi connectivity index (χ0v) is 6.27. The molecular formula is C7H8BFO3. The van der Waals surface area contributed by atoms with Gasteiger partial charge in [0.05, 0.1) is 12.6 Å². The van der Waals surface area contributed by atoms with Crippen LogP contribution in [0.2, 0.25) is 0 Å². The molecule has 1 aliphatic rings. The Morgan fingerprint density at radius 2 is 2.33 bits per heavy atom. The van der Waals surface area contributed by atoms with E-state index in [1.54, 1.807) is 0 Å². The van der Waals surface area contributed by atoms with E-state index in [1.807, 2.05) is 5.92 Å². The van der Waals surface area contributed by atoms with E-state index in [9.17, 15) is 9.50 Å². The van der Waals surface area contributed by atoms with Gasteiger partial charge in [-0.15, -0.1) is 6.42 Å². The number of ether oxygens (including phenoxy) is 1. The molecule has 2 radical (unpaired) electrons. The van der Waals surface area contributed by atoms with Crippen LogP contribution in [-0.2, 0) is 4.74 Å². The van der Waals surface area contributed by atoms with E-state index in [1.165, 1.54) is 0 Å². The van der Waals surface area contributed by atoms with Gasteiger partial charge < -0.3 is 14.9 Å². The van der Waals surface area contributed by atoms with E-state index < -0.39 is 30.5 Å². The molecule has 0 spiro atoms. The molecule has 0 aromatic rings. The lowest BCUT2D eigenvalue weighted by Gasteiger charge is -2.22. The molecule has 3 nitrogen and oxygen atoms in total. The van der Waals surface area contributed by atoms with Crippen LogP contribution >= 0.6 is 0 Å². The highest BCUT2D eigenvalue weighted by Gasteiger charge is 2.53. The molecule has 0 saturated carbocycles. The minimum absolute atomic E-state index is 0.561. The maximum absolute atomic E-state index is 13.0. The Bertz CT molecular complexity index is 217. The highest BCUT2D eigenvalue weighted by atomic mass is 19.1. The minimum atomic E-state index is -2.10. The number of aliphatic hydroxyl groups excluding tert-OH is 1. The SMILES string of the molecule is [B][C@@H]1O[C@H](CO)C(O)(C#C)C1F. The van der Waals surface area contributed by atoms with Gasteiger partial charge in [0.15, 0.2) is 11.8 Å². The van der Waals surface area contributed by atoms with Crippen molar-refractivity contribution in [2.45, 2.75) is 23.9 Å². The average molecular weight is 170 g/mol. The van der Waals surface area contributed by atoms with Gasteiger partial charge in [-0.1, -0.05) is 5.92 Å². The van der Waals surface area contributed by atoms with Gasteiger partial charge in [-0.3, -0.25) is 0 Å². The van der Waals surface area contributed by atoms with Crippen LogP contribution in [0.3, 0.4) is 0 Å². The molecule has 2 N–H and O–H groups in total. The first-order chi connectivity index (χ1) is 5.56. The number of hydrogen-bond donors (Lipinski definition) is 2. The largest absolute Gasteiger partial charge is 0.394 e. The van der Waals surface area contributed by atoms with E-state index in [2.05, 4.69) is 4.74 Å². The lowest BCUT2D eigenvalue weighted by Crippen LogP contribution is -2.46. The van der Waals surface area contributed by atoms with Gasteiger partial charge >= 0.3 is 0 Å². The van der Waals surface area contributed by atoms with Crippen molar-refractivity contribution in [1.29, 1.82) is 0 Å². The summed E-state index contributed by atoms with van der Waals surface area (Å²) in [5.74, 6) is 1.84. The summed E-state index contributed by atoms with van der Waals surface area (Å²) in [7, 11) is 5.13. The van der Waals surface area contributed by atoms with Gasteiger partial charge in [0, 0.05) is 0 Å². The summed E-state index contributed by atoms with van der Waals surface area (Å²) in [5.41, 5.74) is -2.10. The van der Waals surface area contributed by atoms with E-state index in [4.69, 9.17) is 19.4 Å². The molecule has 0 aromatic carbocycles. The molecule has 5 heteroatoms. The van der Waals surface area contributed by atoms with Crippen molar-refractivity contribution in [3.8, 4) is 12.3 Å². The standard InChI is InChI=1S/C7H8BFO3/c1-2-7(11)4(3-10)12-6(8)5(7)9/h1,4-6,10-11H,3H2/t4-,5?,6-,7?/m1/s1. The summed E-state index contributed by atoms with van der Waals surface area (Å²) in [4.78, 5) is 0. The molecule has 1 heterocycles. The molecule has 64 valence electrons. The molecule has 1 aliphatic heterocycles. The number of halogens is 1. The zero-order valence-electron chi connectivity index (χ0n) is 6.27. The van der Waals surface area contributed by atoms with E-state index in [-0.39, 0.29) is 0 Å². The molecule has 1 rings (SSSR count). The topological polar surface area (TPSA) is 49.7 Å². The van der Waals surface area contributed by atoms with E-state index in [0.717, 1.165) is 0 Å². The summed E-state index contributed by atoms with van der Waals surface area (Å²) in [6.45, 7) is -0.561. The Morgan fingerprint density at radius 1 is 1.75 bits per heavy atom. The summed E-state index contributed by atoms with van der Waals surface area (Å²) < 4.78 is 17.7. The molecule has 0 amide bonds. The Balaban J connectivity index is 2.89. The van der Waals surface area contributed by atoms with Crippen LogP contribution in [0.25, 0.3) is 0 Å². The second-order valence-electron chi connectivity index (χ2n) is 2.64. The lowest BCUT2D eigenvalue weighted by atomic mass is 9.86. The van der Waals surface area contributed by atoms with Gasteiger partial charge in [-0.25, -0.2) is 4.39 Å². The maximum Gasteiger partial charge on any atom is 0.186 e. The van der Waals surface area contributed by atoms with Crippen LogP contribution in [0.1, 0.15) is 0 Å². The molecule has 1 saturated heterocycles. The van der Waals surface area contributed by atoms with E-state index >= 15 is 0 Å². The smallest absolute Gasteiger partial charge is 0.186 e. The Labute approximate surface area is 70.9 Å². The van der Waals surface area contributed by atoms with Crippen molar-refractivity contribution in [3.05, 3.63) is 0 Å². The monoisotopic (exact) mass is 170 g/mol. The highest BCUT2D eigenvalue weighted by molar-refractivity contribution is 6.11. The number of hydrogen-bond acceptors (Lipinski definition) is 3. The molecule has 0 aromatic heterocycles. The first-order valence-electron chi connectivity index (χ1n) is 3.42. The van der Waals surface area contributed by atoms with Crippen molar-refractivity contribution >= 4 is 7.85 Å². The van der Waals surface area contributed by atoms with Crippen molar-refractivity contribution in [1.82, 2.24) is 0 Å². The van der Waals surface area contributed by atoms with Crippen LogP contribution in [0.15, 0.2) is 0 Å². The van der Waals surface area contributed by atoms with Crippen molar-refractivity contribution in [3.63, 3.8) is 0 Å². The van der Waals surface area contributed by atoms with Crippen LogP contribution in [0.4, 0.5) is 4.39 Å².